The second-order valence-electron chi connectivity index (χ2n) is 4.24. The molecule has 2 amide bonds. The number of thioether (sulfide) groups is 2. The molecule has 2 heterocycles. The molecule has 0 bridgehead atoms. The standard InChI is InChI=1S/C12H8N2O4S2/c1-13-10(17)7(11(18)14(13)2)12-19-8-5(15)3-4-6(16)9(8)20-12/h3-4H,1-2H3. The number of hydrogen-bond donors (Lipinski definition) is 0. The van der Waals surface area contributed by atoms with Crippen molar-refractivity contribution in [2.24, 2.45) is 0 Å². The van der Waals surface area contributed by atoms with E-state index in [4.69, 9.17) is 0 Å². The zero-order valence-electron chi connectivity index (χ0n) is 10.5. The van der Waals surface area contributed by atoms with Crippen LogP contribution in [0.3, 0.4) is 0 Å². The Labute approximate surface area is 122 Å². The minimum atomic E-state index is -0.430. The minimum absolute atomic E-state index is 0.0139. The summed E-state index contributed by atoms with van der Waals surface area (Å²) in [5, 5.41) is 2.40. The molecule has 2 aliphatic heterocycles. The molecule has 0 spiro atoms. The summed E-state index contributed by atoms with van der Waals surface area (Å²) in [4.78, 5) is 48.2. The molecule has 1 saturated heterocycles. The van der Waals surface area contributed by atoms with E-state index in [0.717, 1.165) is 23.5 Å². The third-order valence-electron chi connectivity index (χ3n) is 3.10. The lowest BCUT2D eigenvalue weighted by atomic mass is 10.2. The van der Waals surface area contributed by atoms with Gasteiger partial charge < -0.3 is 0 Å². The van der Waals surface area contributed by atoms with Crippen LogP contribution >= 0.6 is 23.5 Å². The van der Waals surface area contributed by atoms with E-state index in [9.17, 15) is 19.2 Å². The third-order valence-corrected chi connectivity index (χ3v) is 5.73. The van der Waals surface area contributed by atoms with Gasteiger partial charge in [0.15, 0.2) is 11.6 Å². The summed E-state index contributed by atoms with van der Waals surface area (Å²) in [6.45, 7) is 0. The molecule has 0 unspecified atom stereocenters. The third kappa shape index (κ3) is 1.68. The zero-order chi connectivity index (χ0) is 14.6. The molecule has 1 fully saturated rings. The average Bonchev–Trinajstić information content (AvgIpc) is 2.93. The fourth-order valence-corrected chi connectivity index (χ4v) is 4.45. The van der Waals surface area contributed by atoms with Gasteiger partial charge in [0, 0.05) is 14.1 Å². The van der Waals surface area contributed by atoms with Gasteiger partial charge in [-0.05, 0) is 12.2 Å². The summed E-state index contributed by atoms with van der Waals surface area (Å²) in [6.07, 6.45) is 2.41. The van der Waals surface area contributed by atoms with Gasteiger partial charge in [-0.3, -0.25) is 29.2 Å². The highest BCUT2D eigenvalue weighted by Crippen LogP contribution is 2.53. The van der Waals surface area contributed by atoms with Gasteiger partial charge in [-0.2, -0.15) is 0 Å². The summed E-state index contributed by atoms with van der Waals surface area (Å²) in [5.74, 6) is -1.40. The van der Waals surface area contributed by atoms with E-state index in [-0.39, 0.29) is 17.1 Å². The van der Waals surface area contributed by atoms with E-state index < -0.39 is 11.8 Å². The zero-order valence-corrected chi connectivity index (χ0v) is 12.1. The molecule has 3 rings (SSSR count). The Hall–Kier alpha value is -1.80. The van der Waals surface area contributed by atoms with Gasteiger partial charge in [0.2, 0.25) is 0 Å². The number of carbonyl (C=O) groups is 4. The van der Waals surface area contributed by atoms with Crippen molar-refractivity contribution in [3.63, 3.8) is 0 Å². The second-order valence-corrected chi connectivity index (χ2v) is 6.54. The van der Waals surface area contributed by atoms with Crippen molar-refractivity contribution >= 4 is 46.9 Å². The Morgan fingerprint density at radius 1 is 0.800 bits per heavy atom. The van der Waals surface area contributed by atoms with Crippen molar-refractivity contribution in [3.8, 4) is 0 Å². The molecule has 1 aliphatic carbocycles. The normalized spacial score (nSPS) is 22.7. The van der Waals surface area contributed by atoms with Crippen LogP contribution in [0.25, 0.3) is 0 Å². The van der Waals surface area contributed by atoms with Gasteiger partial charge in [0.25, 0.3) is 11.8 Å². The number of carbonyl (C=O) groups excluding carboxylic acids is 4. The maximum atomic E-state index is 12.1. The summed E-state index contributed by atoms with van der Waals surface area (Å²) in [7, 11) is 2.98. The molecular formula is C12H8N2O4S2. The maximum Gasteiger partial charge on any atom is 0.279 e. The first-order chi connectivity index (χ1) is 9.41. The summed E-state index contributed by atoms with van der Waals surface area (Å²) < 4.78 is 0.395. The average molecular weight is 308 g/mol. The van der Waals surface area contributed by atoms with Crippen molar-refractivity contribution in [3.05, 3.63) is 31.8 Å². The molecular weight excluding hydrogens is 300 g/mol. The predicted octanol–water partition coefficient (Wildman–Crippen LogP) is 0.443. The lowest BCUT2D eigenvalue weighted by molar-refractivity contribution is -0.141. The van der Waals surface area contributed by atoms with Crippen LogP contribution in [-0.2, 0) is 19.2 Å². The van der Waals surface area contributed by atoms with E-state index >= 15 is 0 Å². The molecule has 20 heavy (non-hydrogen) atoms. The quantitative estimate of drug-likeness (QED) is 0.367. The Balaban J connectivity index is 2.02. The Morgan fingerprint density at radius 2 is 1.20 bits per heavy atom. The molecule has 0 aromatic heterocycles. The predicted molar refractivity (Wildman–Crippen MR) is 73.9 cm³/mol. The highest BCUT2D eigenvalue weighted by Gasteiger charge is 2.42. The van der Waals surface area contributed by atoms with Gasteiger partial charge in [0.05, 0.1) is 14.0 Å². The number of nitrogens with zero attached hydrogens (tertiary/aromatic N) is 2. The fourth-order valence-electron chi connectivity index (χ4n) is 1.89. The monoisotopic (exact) mass is 308 g/mol. The van der Waals surface area contributed by atoms with Crippen molar-refractivity contribution in [2.75, 3.05) is 14.1 Å². The summed E-state index contributed by atoms with van der Waals surface area (Å²) in [5.41, 5.74) is 0.0139. The van der Waals surface area contributed by atoms with E-state index in [1.807, 2.05) is 0 Å². The van der Waals surface area contributed by atoms with Crippen molar-refractivity contribution in [2.45, 2.75) is 0 Å². The van der Waals surface area contributed by atoms with E-state index in [0.29, 0.717) is 14.0 Å². The Morgan fingerprint density at radius 3 is 1.60 bits per heavy atom. The number of hydrazine groups is 1. The van der Waals surface area contributed by atoms with Crippen LogP contribution < -0.4 is 0 Å². The first-order valence-electron chi connectivity index (χ1n) is 5.59. The summed E-state index contributed by atoms with van der Waals surface area (Å²) >= 11 is 2.04. The SMILES string of the molecule is CN1C(=O)C(=C2SC3=C(S2)C(=O)C=CC3=O)C(=O)N1C. The molecule has 0 N–H and O–H groups in total. The molecule has 0 aromatic carbocycles. The lowest BCUT2D eigenvalue weighted by Crippen LogP contribution is -2.33. The van der Waals surface area contributed by atoms with Gasteiger partial charge >= 0.3 is 0 Å². The van der Waals surface area contributed by atoms with Crippen LogP contribution in [0.4, 0.5) is 0 Å². The molecule has 102 valence electrons. The first-order valence-corrected chi connectivity index (χ1v) is 7.22. The van der Waals surface area contributed by atoms with Crippen molar-refractivity contribution in [1.82, 2.24) is 10.0 Å². The second kappa shape index (κ2) is 4.35. The number of amides is 2. The van der Waals surface area contributed by atoms with Gasteiger partial charge in [-0.1, -0.05) is 23.5 Å². The van der Waals surface area contributed by atoms with Crippen LogP contribution in [0.2, 0.25) is 0 Å². The molecule has 0 saturated carbocycles. The van der Waals surface area contributed by atoms with Gasteiger partial charge in [0.1, 0.15) is 5.57 Å². The fraction of sp³-hybridized carbons (Fsp3) is 0.167. The maximum absolute atomic E-state index is 12.1. The van der Waals surface area contributed by atoms with E-state index in [1.54, 1.807) is 0 Å². The number of rotatable bonds is 0. The van der Waals surface area contributed by atoms with Crippen molar-refractivity contribution < 1.29 is 19.2 Å². The van der Waals surface area contributed by atoms with E-state index in [1.165, 1.54) is 36.3 Å². The highest BCUT2D eigenvalue weighted by atomic mass is 32.2. The molecule has 0 atom stereocenters. The molecule has 0 radical (unpaired) electrons. The van der Waals surface area contributed by atoms with Gasteiger partial charge in [-0.25, -0.2) is 0 Å². The summed E-state index contributed by atoms with van der Waals surface area (Å²) in [6, 6.07) is 0. The Kier molecular flexibility index (Phi) is 2.87. The molecule has 0 aromatic rings. The highest BCUT2D eigenvalue weighted by molar-refractivity contribution is 8.29. The van der Waals surface area contributed by atoms with Crippen molar-refractivity contribution in [1.29, 1.82) is 0 Å². The van der Waals surface area contributed by atoms with Crippen LogP contribution in [0, 0.1) is 0 Å². The number of allylic oxidation sites excluding steroid dienone is 4. The molecule has 8 heteroatoms. The van der Waals surface area contributed by atoms with Gasteiger partial charge in [-0.15, -0.1) is 0 Å². The van der Waals surface area contributed by atoms with Crippen LogP contribution in [0.5, 0.6) is 0 Å². The first kappa shape index (κ1) is 13.2. The Bertz CT molecular complexity index is 636. The number of ketones is 2. The topological polar surface area (TPSA) is 74.8 Å². The molecule has 3 aliphatic rings. The minimum Gasteiger partial charge on any atom is -0.289 e. The lowest BCUT2D eigenvalue weighted by Gasteiger charge is -2.16. The molecule has 6 nitrogen and oxygen atoms in total. The van der Waals surface area contributed by atoms with Crippen LogP contribution in [0.1, 0.15) is 0 Å². The number of likely N-dealkylation sites (N-methyl/N-ethyl adjacent to an activating group) is 2. The van der Waals surface area contributed by atoms with E-state index in [2.05, 4.69) is 0 Å². The van der Waals surface area contributed by atoms with Crippen LogP contribution in [-0.4, -0.2) is 47.5 Å². The van der Waals surface area contributed by atoms with Crippen LogP contribution in [0.15, 0.2) is 31.8 Å². The smallest absolute Gasteiger partial charge is 0.279 e. The largest absolute Gasteiger partial charge is 0.289 e. The number of hydrogen-bond acceptors (Lipinski definition) is 6.